The average molecular weight is 300 g/mol. The van der Waals surface area contributed by atoms with E-state index >= 15 is 0 Å². The highest BCUT2D eigenvalue weighted by atomic mass is 32.1. The van der Waals surface area contributed by atoms with E-state index in [1.165, 1.54) is 11.3 Å². The highest BCUT2D eigenvalue weighted by Gasteiger charge is 2.22. The highest BCUT2D eigenvalue weighted by Crippen LogP contribution is 2.29. The van der Waals surface area contributed by atoms with E-state index in [4.69, 9.17) is 5.73 Å². The van der Waals surface area contributed by atoms with E-state index in [1.54, 1.807) is 0 Å². The molecule has 0 aliphatic rings. The molecule has 1 aromatic carbocycles. The summed E-state index contributed by atoms with van der Waals surface area (Å²) in [6.45, 7) is 6.03. The Kier molecular flexibility index (Phi) is 3.88. The zero-order valence-electron chi connectivity index (χ0n) is 11.4. The summed E-state index contributed by atoms with van der Waals surface area (Å²) in [7, 11) is 0. The number of rotatable bonds is 2. The van der Waals surface area contributed by atoms with E-state index in [-0.39, 0.29) is 11.0 Å². The molecule has 1 atom stereocenters. The third-order valence-electron chi connectivity index (χ3n) is 2.92. The monoisotopic (exact) mass is 300 g/mol. The van der Waals surface area contributed by atoms with E-state index < -0.39 is 23.5 Å². The third kappa shape index (κ3) is 2.86. The van der Waals surface area contributed by atoms with Crippen LogP contribution in [0.25, 0.3) is 0 Å². The summed E-state index contributed by atoms with van der Waals surface area (Å²) >= 11 is 1.32. The van der Waals surface area contributed by atoms with Gasteiger partial charge in [-0.3, -0.25) is 0 Å². The first-order valence-electron chi connectivity index (χ1n) is 6.06. The van der Waals surface area contributed by atoms with Gasteiger partial charge in [-0.15, -0.1) is 11.3 Å². The smallest absolute Gasteiger partial charge is 0.194 e. The molecule has 0 spiro atoms. The van der Waals surface area contributed by atoms with Crippen molar-refractivity contribution in [3.05, 3.63) is 51.2 Å². The Labute approximate surface area is 119 Å². The Balaban J connectivity index is 2.36. The number of benzene rings is 1. The lowest BCUT2D eigenvalue weighted by Crippen LogP contribution is -2.15. The van der Waals surface area contributed by atoms with Crippen molar-refractivity contribution in [2.45, 2.75) is 32.2 Å². The van der Waals surface area contributed by atoms with Gasteiger partial charge in [0.1, 0.15) is 5.01 Å². The van der Waals surface area contributed by atoms with Crippen molar-refractivity contribution >= 4 is 11.3 Å². The first kappa shape index (κ1) is 15.0. The molecule has 0 aliphatic heterocycles. The lowest BCUT2D eigenvalue weighted by atomic mass is 9.93. The van der Waals surface area contributed by atoms with E-state index in [1.807, 2.05) is 26.2 Å². The standard InChI is InChI=1S/C14H15F3N2S/c1-14(2,3)10-6-20-13(19-10)12(18)7-4-8(15)11(17)9(16)5-7/h4-6,12H,18H2,1-3H3. The van der Waals surface area contributed by atoms with Gasteiger partial charge in [-0.2, -0.15) is 0 Å². The molecule has 0 bridgehead atoms. The number of hydrogen-bond donors (Lipinski definition) is 1. The van der Waals surface area contributed by atoms with Crippen molar-refractivity contribution < 1.29 is 13.2 Å². The van der Waals surface area contributed by atoms with E-state index in [9.17, 15) is 13.2 Å². The van der Waals surface area contributed by atoms with Crippen molar-refractivity contribution in [3.63, 3.8) is 0 Å². The van der Waals surface area contributed by atoms with Crippen LogP contribution < -0.4 is 5.73 Å². The lowest BCUT2D eigenvalue weighted by Gasteiger charge is -2.15. The van der Waals surface area contributed by atoms with Gasteiger partial charge in [0.05, 0.1) is 11.7 Å². The second kappa shape index (κ2) is 5.18. The SMILES string of the molecule is CC(C)(C)c1csc(C(N)c2cc(F)c(F)c(F)c2)n1. The summed E-state index contributed by atoms with van der Waals surface area (Å²) < 4.78 is 39.4. The molecule has 2 N–H and O–H groups in total. The zero-order valence-corrected chi connectivity index (χ0v) is 12.2. The summed E-state index contributed by atoms with van der Waals surface area (Å²) in [4.78, 5) is 4.39. The van der Waals surface area contributed by atoms with Crippen LogP contribution in [-0.4, -0.2) is 4.98 Å². The Morgan fingerprint density at radius 1 is 1.15 bits per heavy atom. The molecule has 20 heavy (non-hydrogen) atoms. The number of halogens is 3. The molecule has 0 saturated carbocycles. The maximum absolute atomic E-state index is 13.2. The summed E-state index contributed by atoms with van der Waals surface area (Å²) in [6, 6.07) is 1.03. The Morgan fingerprint density at radius 3 is 2.15 bits per heavy atom. The zero-order chi connectivity index (χ0) is 15.1. The topological polar surface area (TPSA) is 38.9 Å². The van der Waals surface area contributed by atoms with Crippen molar-refractivity contribution in [1.82, 2.24) is 4.98 Å². The van der Waals surface area contributed by atoms with Gasteiger partial charge in [0.2, 0.25) is 0 Å². The molecule has 2 rings (SSSR count). The third-order valence-corrected chi connectivity index (χ3v) is 3.85. The Hall–Kier alpha value is -1.40. The second-order valence-electron chi connectivity index (χ2n) is 5.60. The molecule has 1 heterocycles. The minimum atomic E-state index is -1.49. The van der Waals surface area contributed by atoms with Crippen molar-refractivity contribution in [2.24, 2.45) is 5.73 Å². The molecule has 0 fully saturated rings. The first-order chi connectivity index (χ1) is 9.20. The highest BCUT2D eigenvalue weighted by molar-refractivity contribution is 7.09. The lowest BCUT2D eigenvalue weighted by molar-refractivity contribution is 0.444. The van der Waals surface area contributed by atoms with Crippen LogP contribution >= 0.6 is 11.3 Å². The number of hydrogen-bond acceptors (Lipinski definition) is 3. The molecule has 2 nitrogen and oxygen atoms in total. The van der Waals surface area contributed by atoms with Gasteiger partial charge in [-0.1, -0.05) is 20.8 Å². The van der Waals surface area contributed by atoms with Crippen LogP contribution in [0.4, 0.5) is 13.2 Å². The van der Waals surface area contributed by atoms with Gasteiger partial charge in [-0.05, 0) is 17.7 Å². The molecule has 1 aromatic heterocycles. The van der Waals surface area contributed by atoms with Crippen molar-refractivity contribution in [2.75, 3.05) is 0 Å². The predicted octanol–water partition coefficient (Wildman–Crippen LogP) is 3.91. The maximum atomic E-state index is 13.2. The number of nitrogens with two attached hydrogens (primary N) is 1. The summed E-state index contributed by atoms with van der Waals surface area (Å²) in [6.07, 6.45) is 0. The summed E-state index contributed by atoms with van der Waals surface area (Å²) in [5, 5.41) is 2.41. The van der Waals surface area contributed by atoms with E-state index in [0.717, 1.165) is 17.8 Å². The van der Waals surface area contributed by atoms with Gasteiger partial charge < -0.3 is 5.73 Å². The van der Waals surface area contributed by atoms with Crippen LogP contribution in [0.5, 0.6) is 0 Å². The quantitative estimate of drug-likeness (QED) is 0.854. The van der Waals surface area contributed by atoms with E-state index in [2.05, 4.69) is 4.98 Å². The van der Waals surface area contributed by atoms with Crippen LogP contribution in [0.15, 0.2) is 17.5 Å². The first-order valence-corrected chi connectivity index (χ1v) is 6.94. The molecule has 2 aromatic rings. The fourth-order valence-corrected chi connectivity index (χ4v) is 2.74. The van der Waals surface area contributed by atoms with Crippen molar-refractivity contribution in [1.29, 1.82) is 0 Å². The molecule has 0 saturated heterocycles. The van der Waals surface area contributed by atoms with E-state index in [0.29, 0.717) is 5.01 Å². The minimum absolute atomic E-state index is 0.131. The van der Waals surface area contributed by atoms with Gasteiger partial charge in [-0.25, -0.2) is 18.2 Å². The minimum Gasteiger partial charge on any atom is -0.318 e. The van der Waals surface area contributed by atoms with Crippen LogP contribution in [0.3, 0.4) is 0 Å². The predicted molar refractivity (Wildman–Crippen MR) is 73.2 cm³/mol. The largest absolute Gasteiger partial charge is 0.318 e. The molecule has 6 heteroatoms. The molecule has 0 aliphatic carbocycles. The molecule has 0 amide bonds. The van der Waals surface area contributed by atoms with Crippen LogP contribution in [0, 0.1) is 17.5 Å². The average Bonchev–Trinajstić information content (AvgIpc) is 2.83. The normalized spacial score (nSPS) is 13.6. The fourth-order valence-electron chi connectivity index (χ4n) is 1.67. The van der Waals surface area contributed by atoms with Crippen LogP contribution in [0.2, 0.25) is 0 Å². The fraction of sp³-hybridized carbons (Fsp3) is 0.357. The van der Waals surface area contributed by atoms with Gasteiger partial charge in [0.15, 0.2) is 17.5 Å². The maximum Gasteiger partial charge on any atom is 0.194 e. The van der Waals surface area contributed by atoms with Gasteiger partial charge in [0.25, 0.3) is 0 Å². The molecular weight excluding hydrogens is 285 g/mol. The van der Waals surface area contributed by atoms with Crippen LogP contribution in [0.1, 0.15) is 43.1 Å². The van der Waals surface area contributed by atoms with Crippen LogP contribution in [-0.2, 0) is 5.41 Å². The number of nitrogens with zero attached hydrogens (tertiary/aromatic N) is 1. The Bertz CT molecular complexity index is 609. The number of aromatic nitrogens is 1. The summed E-state index contributed by atoms with van der Waals surface area (Å²) in [5.41, 5.74) is 6.84. The Morgan fingerprint density at radius 2 is 1.70 bits per heavy atom. The van der Waals surface area contributed by atoms with Gasteiger partial charge >= 0.3 is 0 Å². The van der Waals surface area contributed by atoms with Gasteiger partial charge in [0, 0.05) is 10.8 Å². The van der Waals surface area contributed by atoms with Crippen molar-refractivity contribution in [3.8, 4) is 0 Å². The molecular formula is C14H15F3N2S. The summed E-state index contributed by atoms with van der Waals surface area (Å²) in [5.74, 6) is -3.98. The molecule has 108 valence electrons. The molecule has 0 radical (unpaired) electrons. The number of thiazole rings is 1. The second-order valence-corrected chi connectivity index (χ2v) is 6.49. The molecule has 1 unspecified atom stereocenters.